The molecule has 0 radical (unpaired) electrons. The van der Waals surface area contributed by atoms with Crippen LogP contribution in [0.2, 0.25) is 0 Å². The molecule has 1 heterocycles. The van der Waals surface area contributed by atoms with E-state index in [9.17, 15) is 0 Å². The molecule has 0 aliphatic rings. The van der Waals surface area contributed by atoms with E-state index in [-0.39, 0.29) is 0 Å². The normalized spacial score (nSPS) is 10.6. The maximum atomic E-state index is 6.07. The van der Waals surface area contributed by atoms with Gasteiger partial charge in [-0.3, -0.25) is 4.98 Å². The van der Waals surface area contributed by atoms with E-state index < -0.39 is 0 Å². The van der Waals surface area contributed by atoms with Gasteiger partial charge in [-0.2, -0.15) is 0 Å². The lowest BCUT2D eigenvalue weighted by Crippen LogP contribution is -2.03. The smallest absolute Gasteiger partial charge is 0.148 e. The Morgan fingerprint density at radius 1 is 1.10 bits per heavy atom. The molecule has 3 nitrogen and oxygen atoms in total. The molecule has 2 rings (SSSR count). The van der Waals surface area contributed by atoms with Gasteiger partial charge in [0, 0.05) is 5.69 Å². The number of nitrogens with zero attached hydrogens (tertiary/aromatic N) is 1. The van der Waals surface area contributed by atoms with Crippen molar-refractivity contribution < 1.29 is 4.74 Å². The molecule has 0 spiro atoms. The highest BCUT2D eigenvalue weighted by Crippen LogP contribution is 2.28. The highest BCUT2D eigenvalue weighted by atomic mass is 16.5. The first-order chi connectivity index (χ1) is 9.63. The first-order valence-corrected chi connectivity index (χ1v) is 7.08. The number of pyridine rings is 1. The zero-order chi connectivity index (χ0) is 14.5. The Morgan fingerprint density at radius 3 is 2.60 bits per heavy atom. The van der Waals surface area contributed by atoms with Crippen molar-refractivity contribution in [3.8, 4) is 11.5 Å². The summed E-state index contributed by atoms with van der Waals surface area (Å²) in [5, 5.41) is 0. The van der Waals surface area contributed by atoms with Gasteiger partial charge in [0.15, 0.2) is 0 Å². The first kappa shape index (κ1) is 14.5. The SMILES string of the molecule is CCc1nc(C)ccc1Oc1cc(CCN)ccc1C. The van der Waals surface area contributed by atoms with Gasteiger partial charge in [-0.15, -0.1) is 0 Å². The van der Waals surface area contributed by atoms with Crippen molar-refractivity contribution in [1.29, 1.82) is 0 Å². The Morgan fingerprint density at radius 2 is 1.90 bits per heavy atom. The largest absolute Gasteiger partial charge is 0.455 e. The summed E-state index contributed by atoms with van der Waals surface area (Å²) >= 11 is 0. The highest BCUT2D eigenvalue weighted by molar-refractivity contribution is 5.41. The molecule has 0 aliphatic heterocycles. The van der Waals surface area contributed by atoms with Crippen molar-refractivity contribution >= 4 is 0 Å². The molecular formula is C17H22N2O. The van der Waals surface area contributed by atoms with Crippen LogP contribution in [0.1, 0.15) is 29.4 Å². The third-order valence-corrected chi connectivity index (χ3v) is 3.31. The third-order valence-electron chi connectivity index (χ3n) is 3.31. The lowest BCUT2D eigenvalue weighted by molar-refractivity contribution is 0.468. The summed E-state index contributed by atoms with van der Waals surface area (Å²) in [6.07, 6.45) is 1.72. The van der Waals surface area contributed by atoms with Gasteiger partial charge in [0.25, 0.3) is 0 Å². The molecule has 0 saturated carbocycles. The molecule has 106 valence electrons. The van der Waals surface area contributed by atoms with Gasteiger partial charge in [0.1, 0.15) is 11.5 Å². The topological polar surface area (TPSA) is 48.1 Å². The molecule has 0 bridgehead atoms. The predicted molar refractivity (Wildman–Crippen MR) is 82.4 cm³/mol. The van der Waals surface area contributed by atoms with Gasteiger partial charge in [-0.05, 0) is 62.6 Å². The summed E-state index contributed by atoms with van der Waals surface area (Å²) < 4.78 is 6.07. The van der Waals surface area contributed by atoms with E-state index in [1.807, 2.05) is 19.1 Å². The summed E-state index contributed by atoms with van der Waals surface area (Å²) in [6, 6.07) is 10.2. The number of benzene rings is 1. The molecule has 0 atom stereocenters. The highest BCUT2D eigenvalue weighted by Gasteiger charge is 2.08. The third kappa shape index (κ3) is 3.36. The van der Waals surface area contributed by atoms with Crippen LogP contribution in [0.3, 0.4) is 0 Å². The number of ether oxygens (including phenoxy) is 1. The molecule has 2 aromatic rings. The van der Waals surface area contributed by atoms with Crippen LogP contribution in [-0.2, 0) is 12.8 Å². The molecule has 2 N–H and O–H groups in total. The molecule has 20 heavy (non-hydrogen) atoms. The second-order valence-electron chi connectivity index (χ2n) is 4.99. The number of aryl methyl sites for hydroxylation is 3. The Kier molecular flexibility index (Phi) is 4.74. The minimum Gasteiger partial charge on any atom is -0.455 e. The van der Waals surface area contributed by atoms with Crippen molar-refractivity contribution in [3.63, 3.8) is 0 Å². The summed E-state index contributed by atoms with van der Waals surface area (Å²) in [5.41, 5.74) is 9.94. The van der Waals surface area contributed by atoms with Crippen molar-refractivity contribution in [2.24, 2.45) is 5.73 Å². The fourth-order valence-corrected chi connectivity index (χ4v) is 2.14. The maximum absolute atomic E-state index is 6.07. The van der Waals surface area contributed by atoms with Gasteiger partial charge in [0.05, 0.1) is 5.69 Å². The molecular weight excluding hydrogens is 248 g/mol. The quantitative estimate of drug-likeness (QED) is 0.903. The van der Waals surface area contributed by atoms with Crippen molar-refractivity contribution in [2.45, 2.75) is 33.6 Å². The van der Waals surface area contributed by atoms with Crippen LogP contribution in [0.5, 0.6) is 11.5 Å². The van der Waals surface area contributed by atoms with Gasteiger partial charge in [-0.25, -0.2) is 0 Å². The standard InChI is InChI=1S/C17H22N2O/c1-4-15-16(8-6-13(3)19-15)20-17-11-14(9-10-18)7-5-12(17)2/h5-8,11H,4,9-10,18H2,1-3H3. The van der Waals surface area contributed by atoms with Crippen LogP contribution in [0.25, 0.3) is 0 Å². The zero-order valence-corrected chi connectivity index (χ0v) is 12.4. The van der Waals surface area contributed by atoms with Crippen molar-refractivity contribution in [3.05, 3.63) is 52.8 Å². The van der Waals surface area contributed by atoms with Crippen LogP contribution in [-0.4, -0.2) is 11.5 Å². The van der Waals surface area contributed by atoms with Crippen LogP contribution < -0.4 is 10.5 Å². The van der Waals surface area contributed by atoms with Crippen LogP contribution in [0.4, 0.5) is 0 Å². The minimum atomic E-state index is 0.648. The fourth-order valence-electron chi connectivity index (χ4n) is 2.14. The van der Waals surface area contributed by atoms with E-state index in [2.05, 4.69) is 37.0 Å². The Bertz CT molecular complexity index is 594. The van der Waals surface area contributed by atoms with Gasteiger partial charge in [-0.1, -0.05) is 19.1 Å². The summed E-state index contributed by atoms with van der Waals surface area (Å²) in [7, 11) is 0. The van der Waals surface area contributed by atoms with Gasteiger partial charge >= 0.3 is 0 Å². The first-order valence-electron chi connectivity index (χ1n) is 7.08. The maximum Gasteiger partial charge on any atom is 0.148 e. The van der Waals surface area contributed by atoms with E-state index in [0.717, 1.165) is 41.3 Å². The Labute approximate surface area is 120 Å². The van der Waals surface area contributed by atoms with Crippen molar-refractivity contribution in [2.75, 3.05) is 6.54 Å². The second-order valence-corrected chi connectivity index (χ2v) is 4.99. The van der Waals surface area contributed by atoms with E-state index in [0.29, 0.717) is 6.54 Å². The monoisotopic (exact) mass is 270 g/mol. The molecule has 0 fully saturated rings. The molecule has 1 aromatic heterocycles. The van der Waals surface area contributed by atoms with E-state index in [1.54, 1.807) is 0 Å². The number of aromatic nitrogens is 1. The molecule has 0 saturated heterocycles. The molecule has 0 aliphatic carbocycles. The fraction of sp³-hybridized carbons (Fsp3) is 0.353. The Hall–Kier alpha value is -1.87. The summed E-state index contributed by atoms with van der Waals surface area (Å²) in [4.78, 5) is 4.53. The average Bonchev–Trinajstić information content (AvgIpc) is 2.44. The number of nitrogens with two attached hydrogens (primary N) is 1. The lowest BCUT2D eigenvalue weighted by Gasteiger charge is -2.13. The molecule has 0 amide bonds. The number of hydrogen-bond acceptors (Lipinski definition) is 3. The van der Waals surface area contributed by atoms with Gasteiger partial charge in [0.2, 0.25) is 0 Å². The van der Waals surface area contributed by atoms with Crippen LogP contribution in [0.15, 0.2) is 30.3 Å². The van der Waals surface area contributed by atoms with Crippen LogP contribution in [0, 0.1) is 13.8 Å². The average molecular weight is 270 g/mol. The van der Waals surface area contributed by atoms with Crippen molar-refractivity contribution in [1.82, 2.24) is 4.98 Å². The molecule has 1 aromatic carbocycles. The summed E-state index contributed by atoms with van der Waals surface area (Å²) in [6.45, 7) is 6.78. The van der Waals surface area contributed by atoms with E-state index in [1.165, 1.54) is 5.56 Å². The number of hydrogen-bond donors (Lipinski definition) is 1. The van der Waals surface area contributed by atoms with Crippen LogP contribution >= 0.6 is 0 Å². The molecule has 0 unspecified atom stereocenters. The van der Waals surface area contributed by atoms with E-state index in [4.69, 9.17) is 10.5 Å². The lowest BCUT2D eigenvalue weighted by atomic mass is 10.1. The minimum absolute atomic E-state index is 0.648. The Balaban J connectivity index is 2.31. The summed E-state index contributed by atoms with van der Waals surface area (Å²) in [5.74, 6) is 1.72. The van der Waals surface area contributed by atoms with E-state index >= 15 is 0 Å². The second kappa shape index (κ2) is 6.53. The predicted octanol–water partition coefficient (Wildman–Crippen LogP) is 3.55. The van der Waals surface area contributed by atoms with Gasteiger partial charge < -0.3 is 10.5 Å². The molecule has 3 heteroatoms. The zero-order valence-electron chi connectivity index (χ0n) is 12.4. The number of rotatable bonds is 5.